The third kappa shape index (κ3) is 0.920. The zero-order valence-electron chi connectivity index (χ0n) is 5.86. The van der Waals surface area contributed by atoms with Gasteiger partial charge in [-0.05, 0) is 13.8 Å². The molecule has 1 heterocycles. The smallest absolute Gasteiger partial charge is 0.124 e. The van der Waals surface area contributed by atoms with Gasteiger partial charge in [0.1, 0.15) is 4.64 Å². The van der Waals surface area contributed by atoms with Crippen LogP contribution in [0.4, 0.5) is 0 Å². The third-order valence-electron chi connectivity index (χ3n) is 1.52. The van der Waals surface area contributed by atoms with Gasteiger partial charge in [-0.15, -0.1) is 0 Å². The lowest BCUT2D eigenvalue weighted by Gasteiger charge is -1.85. The molecule has 1 aromatic heterocycles. The van der Waals surface area contributed by atoms with Crippen LogP contribution in [-0.2, 0) is 7.05 Å². The van der Waals surface area contributed by atoms with E-state index in [1.807, 2.05) is 25.6 Å². The third-order valence-corrected chi connectivity index (χ3v) is 2.10. The molecule has 0 aliphatic carbocycles. The average molecular weight is 142 g/mol. The van der Waals surface area contributed by atoms with E-state index in [1.165, 1.54) is 5.56 Å². The van der Waals surface area contributed by atoms with Gasteiger partial charge < -0.3 is 5.10 Å². The highest BCUT2D eigenvalue weighted by atomic mass is 32.1. The molecule has 0 unspecified atom stereocenters. The molecule has 2 nitrogen and oxygen atoms in total. The first-order chi connectivity index (χ1) is 4.13. The molecule has 1 aromatic rings. The zero-order chi connectivity index (χ0) is 7.02. The number of nitrogens with zero attached hydrogens (tertiary/aromatic N) is 1. The molecule has 0 bridgehead atoms. The van der Waals surface area contributed by atoms with Crippen molar-refractivity contribution in [2.24, 2.45) is 7.05 Å². The Bertz CT molecular complexity index is 269. The molecule has 0 atom stereocenters. The Hall–Kier alpha value is -0.570. The Balaban J connectivity index is 3.48. The van der Waals surface area contributed by atoms with E-state index >= 15 is 0 Å². The highest BCUT2D eigenvalue weighted by Gasteiger charge is 1.96. The van der Waals surface area contributed by atoms with E-state index in [0.29, 0.717) is 0 Å². The van der Waals surface area contributed by atoms with Gasteiger partial charge in [0.25, 0.3) is 0 Å². The van der Waals surface area contributed by atoms with Gasteiger partial charge in [0, 0.05) is 18.3 Å². The van der Waals surface area contributed by atoms with Crippen molar-refractivity contribution in [3.05, 3.63) is 15.9 Å². The van der Waals surface area contributed by atoms with Crippen LogP contribution >= 0.6 is 12.2 Å². The van der Waals surface area contributed by atoms with Gasteiger partial charge in [0.15, 0.2) is 0 Å². The second-order valence-electron chi connectivity index (χ2n) is 2.23. The van der Waals surface area contributed by atoms with Gasteiger partial charge in [-0.1, -0.05) is 12.2 Å². The maximum absolute atomic E-state index is 5.05. The summed E-state index contributed by atoms with van der Waals surface area (Å²) in [7, 11) is 1.92. The molecule has 0 radical (unpaired) electrons. The van der Waals surface area contributed by atoms with Crippen molar-refractivity contribution < 1.29 is 0 Å². The predicted molar refractivity (Wildman–Crippen MR) is 40.1 cm³/mol. The monoisotopic (exact) mass is 142 g/mol. The number of aryl methyl sites for hydroxylation is 2. The fourth-order valence-electron chi connectivity index (χ4n) is 0.798. The zero-order valence-corrected chi connectivity index (χ0v) is 6.67. The molecule has 0 spiro atoms. The number of H-pyrrole nitrogens is 1. The highest BCUT2D eigenvalue weighted by molar-refractivity contribution is 7.71. The SMILES string of the molecule is Cc1[nH]n(C)c(=S)c1C. The van der Waals surface area contributed by atoms with Crippen LogP contribution < -0.4 is 0 Å². The number of aromatic amines is 1. The first-order valence-corrected chi connectivity index (χ1v) is 3.26. The van der Waals surface area contributed by atoms with E-state index in [9.17, 15) is 0 Å². The Labute approximate surface area is 59.5 Å². The van der Waals surface area contributed by atoms with Crippen LogP contribution in [-0.4, -0.2) is 9.78 Å². The highest BCUT2D eigenvalue weighted by Crippen LogP contribution is 2.04. The number of aromatic nitrogens is 2. The van der Waals surface area contributed by atoms with Crippen LogP contribution in [0.3, 0.4) is 0 Å². The molecule has 0 saturated heterocycles. The van der Waals surface area contributed by atoms with Crippen LogP contribution in [0.2, 0.25) is 0 Å². The summed E-state index contributed by atoms with van der Waals surface area (Å²) in [6.45, 7) is 4.04. The Morgan fingerprint density at radius 2 is 2.00 bits per heavy atom. The number of hydrogen-bond donors (Lipinski definition) is 1. The minimum absolute atomic E-state index is 0.896. The van der Waals surface area contributed by atoms with E-state index in [2.05, 4.69) is 5.10 Å². The summed E-state index contributed by atoms with van der Waals surface area (Å²) in [5, 5.41) is 3.09. The van der Waals surface area contributed by atoms with Crippen molar-refractivity contribution in [1.29, 1.82) is 0 Å². The Kier molecular flexibility index (Phi) is 1.45. The van der Waals surface area contributed by atoms with Crippen LogP contribution in [0.1, 0.15) is 11.3 Å². The molecular weight excluding hydrogens is 132 g/mol. The lowest BCUT2D eigenvalue weighted by atomic mass is 10.3. The van der Waals surface area contributed by atoms with Gasteiger partial charge in [-0.3, -0.25) is 4.68 Å². The fraction of sp³-hybridized carbons (Fsp3) is 0.500. The Morgan fingerprint density at radius 1 is 1.44 bits per heavy atom. The van der Waals surface area contributed by atoms with Gasteiger partial charge in [-0.25, -0.2) is 0 Å². The quantitative estimate of drug-likeness (QED) is 0.547. The predicted octanol–water partition coefficient (Wildman–Crippen LogP) is 1.70. The molecule has 0 fully saturated rings. The van der Waals surface area contributed by atoms with Crippen LogP contribution in [0.15, 0.2) is 0 Å². The number of nitrogens with one attached hydrogen (secondary N) is 1. The summed E-state index contributed by atoms with van der Waals surface area (Å²) >= 11 is 5.05. The number of hydrogen-bond acceptors (Lipinski definition) is 1. The molecule has 0 amide bonds. The summed E-state index contributed by atoms with van der Waals surface area (Å²) < 4.78 is 2.74. The van der Waals surface area contributed by atoms with Gasteiger partial charge >= 0.3 is 0 Å². The van der Waals surface area contributed by atoms with E-state index in [0.717, 1.165) is 10.3 Å². The van der Waals surface area contributed by atoms with Crippen molar-refractivity contribution in [1.82, 2.24) is 9.78 Å². The summed E-state index contributed by atoms with van der Waals surface area (Å²) in [4.78, 5) is 0. The van der Waals surface area contributed by atoms with Gasteiger partial charge in [0.2, 0.25) is 0 Å². The molecule has 50 valence electrons. The van der Waals surface area contributed by atoms with Gasteiger partial charge in [-0.2, -0.15) is 0 Å². The second kappa shape index (κ2) is 1.99. The first kappa shape index (κ1) is 6.55. The van der Waals surface area contributed by atoms with Crippen molar-refractivity contribution in [2.45, 2.75) is 13.8 Å². The van der Waals surface area contributed by atoms with E-state index in [4.69, 9.17) is 12.2 Å². The molecule has 1 N–H and O–H groups in total. The number of rotatable bonds is 0. The van der Waals surface area contributed by atoms with Crippen molar-refractivity contribution in [2.75, 3.05) is 0 Å². The lowest BCUT2D eigenvalue weighted by molar-refractivity contribution is 0.746. The topological polar surface area (TPSA) is 20.7 Å². The van der Waals surface area contributed by atoms with E-state index in [-0.39, 0.29) is 0 Å². The van der Waals surface area contributed by atoms with E-state index in [1.54, 1.807) is 0 Å². The maximum atomic E-state index is 5.05. The normalized spacial score (nSPS) is 10.1. The molecule has 0 aromatic carbocycles. The minimum Gasteiger partial charge on any atom is -0.302 e. The maximum Gasteiger partial charge on any atom is 0.124 e. The molecule has 0 aliphatic heterocycles. The summed E-state index contributed by atoms with van der Waals surface area (Å²) in [6.07, 6.45) is 0. The fourth-order valence-corrected chi connectivity index (χ4v) is 0.997. The summed E-state index contributed by atoms with van der Waals surface area (Å²) in [5.74, 6) is 0. The molecular formula is C6H10N2S. The van der Waals surface area contributed by atoms with Crippen LogP contribution in [0.25, 0.3) is 0 Å². The standard InChI is InChI=1S/C6H10N2S/c1-4-5(2)7-8(3)6(4)9/h7H,1-3H3. The van der Waals surface area contributed by atoms with Crippen molar-refractivity contribution in [3.63, 3.8) is 0 Å². The molecule has 1 rings (SSSR count). The average Bonchev–Trinajstić information content (AvgIpc) is 1.98. The van der Waals surface area contributed by atoms with Crippen molar-refractivity contribution >= 4 is 12.2 Å². The van der Waals surface area contributed by atoms with E-state index < -0.39 is 0 Å². The molecule has 0 saturated carbocycles. The summed E-state index contributed by atoms with van der Waals surface area (Å²) in [6, 6.07) is 0. The Morgan fingerprint density at radius 3 is 2.11 bits per heavy atom. The molecule has 3 heteroatoms. The second-order valence-corrected chi connectivity index (χ2v) is 2.61. The van der Waals surface area contributed by atoms with Crippen LogP contribution in [0, 0.1) is 18.5 Å². The van der Waals surface area contributed by atoms with Crippen LogP contribution in [0.5, 0.6) is 0 Å². The lowest BCUT2D eigenvalue weighted by Crippen LogP contribution is -1.88. The first-order valence-electron chi connectivity index (χ1n) is 2.85. The van der Waals surface area contributed by atoms with Crippen molar-refractivity contribution in [3.8, 4) is 0 Å². The minimum atomic E-state index is 0.896. The molecule has 9 heavy (non-hydrogen) atoms. The molecule has 0 aliphatic rings. The largest absolute Gasteiger partial charge is 0.302 e. The summed E-state index contributed by atoms with van der Waals surface area (Å²) in [5.41, 5.74) is 2.33. The van der Waals surface area contributed by atoms with Gasteiger partial charge in [0.05, 0.1) is 0 Å².